The van der Waals surface area contributed by atoms with E-state index in [2.05, 4.69) is 32.2 Å². The van der Waals surface area contributed by atoms with Gasteiger partial charge in [0.15, 0.2) is 0 Å². The Hall–Kier alpha value is -1.84. The van der Waals surface area contributed by atoms with Crippen LogP contribution in [0.25, 0.3) is 0 Å². The number of amides is 1. The van der Waals surface area contributed by atoms with Crippen molar-refractivity contribution in [2.45, 2.75) is 53.0 Å². The summed E-state index contributed by atoms with van der Waals surface area (Å²) in [6.07, 6.45) is 1.52. The second kappa shape index (κ2) is 7.25. The van der Waals surface area contributed by atoms with Gasteiger partial charge >= 0.3 is 5.97 Å². The van der Waals surface area contributed by atoms with Gasteiger partial charge in [0.25, 0.3) is 0 Å². The van der Waals surface area contributed by atoms with Crippen molar-refractivity contribution in [3.8, 4) is 0 Å². The molecular weight excluding hydrogens is 266 g/mol. The van der Waals surface area contributed by atoms with Crippen LogP contribution in [0.5, 0.6) is 0 Å². The highest BCUT2D eigenvalue weighted by atomic mass is 16.4. The molecular formula is C17H25NO3. The van der Waals surface area contributed by atoms with Crippen LogP contribution in [0.2, 0.25) is 0 Å². The SMILES string of the molecule is CCC(=O)N[C@H](Cc1cccc(CC(C)(C)C)c1)C(=O)O. The Morgan fingerprint density at radius 2 is 1.86 bits per heavy atom. The number of carboxylic acid groups (broad SMARTS) is 1. The number of carbonyl (C=O) groups is 2. The summed E-state index contributed by atoms with van der Waals surface area (Å²) in [5.41, 5.74) is 2.30. The third-order valence-corrected chi connectivity index (χ3v) is 3.12. The Bertz CT molecular complexity index is 503. The number of carbonyl (C=O) groups excluding carboxylic acids is 1. The highest BCUT2D eigenvalue weighted by Gasteiger charge is 2.20. The molecule has 0 aromatic heterocycles. The molecule has 0 spiro atoms. The van der Waals surface area contributed by atoms with Crippen molar-refractivity contribution in [3.05, 3.63) is 35.4 Å². The van der Waals surface area contributed by atoms with E-state index in [4.69, 9.17) is 0 Å². The van der Waals surface area contributed by atoms with Gasteiger partial charge in [0.2, 0.25) is 5.91 Å². The molecule has 21 heavy (non-hydrogen) atoms. The third-order valence-electron chi connectivity index (χ3n) is 3.12. The van der Waals surface area contributed by atoms with Crippen LogP contribution in [-0.4, -0.2) is 23.0 Å². The Kier molecular flexibility index (Phi) is 5.94. The molecule has 0 aliphatic carbocycles. The summed E-state index contributed by atoms with van der Waals surface area (Å²) in [4.78, 5) is 22.7. The van der Waals surface area contributed by atoms with Crippen molar-refractivity contribution in [1.29, 1.82) is 0 Å². The number of nitrogens with one attached hydrogen (secondary N) is 1. The highest BCUT2D eigenvalue weighted by Crippen LogP contribution is 2.21. The summed E-state index contributed by atoms with van der Waals surface area (Å²) >= 11 is 0. The molecule has 0 saturated carbocycles. The van der Waals surface area contributed by atoms with Crippen LogP contribution in [0.4, 0.5) is 0 Å². The zero-order chi connectivity index (χ0) is 16.0. The van der Waals surface area contributed by atoms with Crippen molar-refractivity contribution in [3.63, 3.8) is 0 Å². The summed E-state index contributed by atoms with van der Waals surface area (Å²) in [5, 5.41) is 11.8. The molecule has 2 N–H and O–H groups in total. The number of hydrogen-bond donors (Lipinski definition) is 2. The Balaban J connectivity index is 2.82. The van der Waals surface area contributed by atoms with Gasteiger partial charge in [0.1, 0.15) is 6.04 Å². The van der Waals surface area contributed by atoms with Gasteiger partial charge in [0, 0.05) is 12.8 Å². The normalized spacial score (nSPS) is 12.8. The maximum Gasteiger partial charge on any atom is 0.326 e. The third kappa shape index (κ3) is 6.43. The van der Waals surface area contributed by atoms with Crippen LogP contribution in [0.15, 0.2) is 24.3 Å². The van der Waals surface area contributed by atoms with Crippen LogP contribution >= 0.6 is 0 Å². The van der Waals surface area contributed by atoms with Crippen LogP contribution < -0.4 is 5.32 Å². The van der Waals surface area contributed by atoms with Gasteiger partial charge in [-0.15, -0.1) is 0 Å². The average Bonchev–Trinajstić information content (AvgIpc) is 2.36. The first kappa shape index (κ1) is 17.2. The number of aliphatic carboxylic acids is 1. The van der Waals surface area contributed by atoms with Crippen LogP contribution in [0.3, 0.4) is 0 Å². The molecule has 116 valence electrons. The maximum atomic E-state index is 11.4. The standard InChI is InChI=1S/C17H25NO3/c1-5-15(19)18-14(16(20)21)10-12-7-6-8-13(9-12)11-17(2,3)4/h6-9,14H,5,10-11H2,1-4H3,(H,18,19)(H,20,21)/t14-/m1/s1. The molecule has 0 unspecified atom stereocenters. The van der Waals surface area contributed by atoms with E-state index in [1.165, 1.54) is 5.56 Å². The summed E-state index contributed by atoms with van der Waals surface area (Å²) in [7, 11) is 0. The van der Waals surface area contributed by atoms with Crippen molar-refractivity contribution >= 4 is 11.9 Å². The van der Waals surface area contributed by atoms with E-state index in [-0.39, 0.29) is 17.7 Å². The minimum Gasteiger partial charge on any atom is -0.480 e. The molecule has 1 atom stereocenters. The molecule has 0 radical (unpaired) electrons. The molecule has 0 fully saturated rings. The lowest BCUT2D eigenvalue weighted by molar-refractivity contribution is -0.141. The zero-order valence-electron chi connectivity index (χ0n) is 13.3. The minimum atomic E-state index is -1.00. The van der Waals surface area contributed by atoms with E-state index < -0.39 is 12.0 Å². The van der Waals surface area contributed by atoms with E-state index in [1.54, 1.807) is 6.92 Å². The molecule has 0 saturated heterocycles. The van der Waals surface area contributed by atoms with Crippen molar-refractivity contribution in [2.75, 3.05) is 0 Å². The number of hydrogen-bond acceptors (Lipinski definition) is 2. The lowest BCUT2D eigenvalue weighted by Crippen LogP contribution is -2.42. The predicted octanol–water partition coefficient (Wildman–Crippen LogP) is 2.80. The van der Waals surface area contributed by atoms with Crippen LogP contribution in [-0.2, 0) is 22.4 Å². The first-order chi connectivity index (χ1) is 9.71. The van der Waals surface area contributed by atoms with Gasteiger partial charge in [-0.3, -0.25) is 4.79 Å². The number of carboxylic acids is 1. The molecule has 4 heteroatoms. The number of rotatable bonds is 6. The number of benzene rings is 1. The predicted molar refractivity (Wildman–Crippen MR) is 83.2 cm³/mol. The van der Waals surface area contributed by atoms with E-state index in [0.717, 1.165) is 12.0 Å². The van der Waals surface area contributed by atoms with Gasteiger partial charge < -0.3 is 10.4 Å². The lowest BCUT2D eigenvalue weighted by atomic mass is 9.87. The van der Waals surface area contributed by atoms with E-state index in [1.807, 2.05) is 18.2 Å². The summed E-state index contributed by atoms with van der Waals surface area (Å²) in [6.45, 7) is 8.21. The summed E-state index contributed by atoms with van der Waals surface area (Å²) in [6, 6.07) is 7.05. The topological polar surface area (TPSA) is 66.4 Å². The van der Waals surface area contributed by atoms with Gasteiger partial charge in [-0.2, -0.15) is 0 Å². The molecule has 1 aromatic rings. The van der Waals surface area contributed by atoms with Gasteiger partial charge in [-0.1, -0.05) is 52.0 Å². The van der Waals surface area contributed by atoms with Gasteiger partial charge in [-0.25, -0.2) is 4.79 Å². The van der Waals surface area contributed by atoms with E-state index in [0.29, 0.717) is 6.42 Å². The van der Waals surface area contributed by atoms with Crippen molar-refractivity contribution in [2.24, 2.45) is 5.41 Å². The second-order valence-electron chi connectivity index (χ2n) is 6.57. The molecule has 0 aliphatic rings. The lowest BCUT2D eigenvalue weighted by Gasteiger charge is -2.19. The fourth-order valence-electron chi connectivity index (χ4n) is 2.21. The maximum absolute atomic E-state index is 11.4. The molecule has 1 rings (SSSR count). The molecule has 0 bridgehead atoms. The summed E-state index contributed by atoms with van der Waals surface area (Å²) < 4.78 is 0. The van der Waals surface area contributed by atoms with Crippen molar-refractivity contribution in [1.82, 2.24) is 5.32 Å². The highest BCUT2D eigenvalue weighted by molar-refractivity contribution is 5.83. The average molecular weight is 291 g/mol. The second-order valence-corrected chi connectivity index (χ2v) is 6.57. The fourth-order valence-corrected chi connectivity index (χ4v) is 2.21. The summed E-state index contributed by atoms with van der Waals surface area (Å²) in [5.74, 6) is -1.24. The molecule has 1 amide bonds. The Morgan fingerprint density at radius 3 is 2.38 bits per heavy atom. The van der Waals surface area contributed by atoms with Gasteiger partial charge in [-0.05, 0) is 23.0 Å². The quantitative estimate of drug-likeness (QED) is 0.847. The monoisotopic (exact) mass is 291 g/mol. The van der Waals surface area contributed by atoms with Crippen molar-refractivity contribution < 1.29 is 14.7 Å². The first-order valence-corrected chi connectivity index (χ1v) is 7.31. The minimum absolute atomic E-state index is 0.182. The molecule has 4 nitrogen and oxygen atoms in total. The first-order valence-electron chi connectivity index (χ1n) is 7.31. The van der Waals surface area contributed by atoms with Crippen LogP contribution in [0, 0.1) is 5.41 Å². The smallest absolute Gasteiger partial charge is 0.326 e. The Labute approximate surface area is 126 Å². The largest absolute Gasteiger partial charge is 0.480 e. The molecule has 0 heterocycles. The molecule has 1 aromatic carbocycles. The molecule has 0 aliphatic heterocycles. The zero-order valence-corrected chi connectivity index (χ0v) is 13.3. The van der Waals surface area contributed by atoms with E-state index >= 15 is 0 Å². The fraction of sp³-hybridized carbons (Fsp3) is 0.529. The van der Waals surface area contributed by atoms with E-state index in [9.17, 15) is 14.7 Å². The Morgan fingerprint density at radius 1 is 1.24 bits per heavy atom. The van der Waals surface area contributed by atoms with Crippen LogP contribution in [0.1, 0.15) is 45.2 Å². The van der Waals surface area contributed by atoms with Gasteiger partial charge in [0.05, 0.1) is 0 Å².